The zero-order valence-electron chi connectivity index (χ0n) is 15.5. The van der Waals surface area contributed by atoms with Gasteiger partial charge in [-0.25, -0.2) is 13.8 Å². The minimum Gasteiger partial charge on any atom is -0.423 e. The van der Waals surface area contributed by atoms with Gasteiger partial charge in [-0.1, -0.05) is 5.92 Å². The molecule has 1 aromatic heterocycles. The Bertz CT molecular complexity index is 1240. The Balaban J connectivity index is 2.33. The number of halogens is 6. The van der Waals surface area contributed by atoms with Crippen LogP contribution in [-0.2, 0) is 17.5 Å². The van der Waals surface area contributed by atoms with E-state index in [1.54, 1.807) is 0 Å². The number of hydrogen-bond acceptors (Lipinski definition) is 4. The van der Waals surface area contributed by atoms with Gasteiger partial charge in [-0.3, -0.25) is 19.1 Å². The maximum atomic E-state index is 14.7. The summed E-state index contributed by atoms with van der Waals surface area (Å²) in [6.07, 6.45) is -4.34. The smallest absolute Gasteiger partial charge is 0.423 e. The number of anilines is 1. The Hall–Kier alpha value is -3.69. The molecule has 0 saturated heterocycles. The lowest BCUT2D eigenvalue weighted by Crippen LogP contribution is -2.51. The molecule has 0 bridgehead atoms. The van der Waals surface area contributed by atoms with Crippen LogP contribution in [0.4, 0.5) is 32.0 Å². The fourth-order valence-corrected chi connectivity index (χ4v) is 3.03. The SMILES string of the molecule is C#CCN1C(=O)C(F)(F)Oc2cc(F)c(-n3c(=O)cc(C(F)(F)F)n(CC)c3=O)cc21. The molecule has 1 amide bonds. The predicted molar refractivity (Wildman–Crippen MR) is 93.7 cm³/mol. The van der Waals surface area contributed by atoms with Crippen LogP contribution in [0.3, 0.4) is 0 Å². The minimum absolute atomic E-state index is 0.0830. The molecule has 31 heavy (non-hydrogen) atoms. The second-order valence-corrected chi connectivity index (χ2v) is 6.21. The minimum atomic E-state index is -5.04. The number of amides is 1. The van der Waals surface area contributed by atoms with Crippen molar-refractivity contribution >= 4 is 11.6 Å². The van der Waals surface area contributed by atoms with E-state index in [4.69, 9.17) is 6.42 Å². The molecule has 2 heterocycles. The quantitative estimate of drug-likeness (QED) is 0.534. The van der Waals surface area contributed by atoms with Crippen molar-refractivity contribution < 1.29 is 35.9 Å². The van der Waals surface area contributed by atoms with Crippen molar-refractivity contribution in [3.05, 3.63) is 50.5 Å². The van der Waals surface area contributed by atoms with E-state index in [2.05, 4.69) is 4.74 Å². The van der Waals surface area contributed by atoms with E-state index >= 15 is 0 Å². The van der Waals surface area contributed by atoms with Crippen LogP contribution in [0.15, 0.2) is 27.8 Å². The topological polar surface area (TPSA) is 73.5 Å². The first-order chi connectivity index (χ1) is 14.3. The van der Waals surface area contributed by atoms with Crippen LogP contribution in [0.2, 0.25) is 0 Å². The third kappa shape index (κ3) is 3.54. The standard InChI is InChI=1S/C18H11F6N3O4/c1-3-5-26-11-7-10(9(19)6-12(11)31-18(23,24)15(26)29)27-14(28)8-13(17(20,21)22)25(4-2)16(27)30/h1,6-8H,4-5H2,2H3. The molecule has 1 aromatic carbocycles. The van der Waals surface area contributed by atoms with E-state index < -0.39 is 71.2 Å². The number of carbonyl (C=O) groups excluding carboxylic acids is 1. The van der Waals surface area contributed by atoms with Gasteiger partial charge in [0.25, 0.3) is 5.56 Å². The van der Waals surface area contributed by atoms with Crippen molar-refractivity contribution in [2.75, 3.05) is 11.4 Å². The largest absolute Gasteiger partial charge is 0.483 e. The van der Waals surface area contributed by atoms with E-state index in [9.17, 15) is 40.7 Å². The first-order valence-corrected chi connectivity index (χ1v) is 8.43. The molecule has 13 heteroatoms. The second-order valence-electron chi connectivity index (χ2n) is 6.21. The van der Waals surface area contributed by atoms with Crippen LogP contribution in [0, 0.1) is 18.2 Å². The highest BCUT2D eigenvalue weighted by molar-refractivity contribution is 6.01. The average molecular weight is 447 g/mol. The molecule has 3 rings (SSSR count). The number of nitrogens with zero attached hydrogens (tertiary/aromatic N) is 3. The molecule has 2 aromatic rings. The van der Waals surface area contributed by atoms with Crippen molar-refractivity contribution in [3.63, 3.8) is 0 Å². The Morgan fingerprint density at radius 3 is 2.32 bits per heavy atom. The molecular formula is C18H11F6N3O4. The van der Waals surface area contributed by atoms with Gasteiger partial charge in [0.2, 0.25) is 0 Å². The molecule has 1 aliphatic rings. The van der Waals surface area contributed by atoms with Crippen molar-refractivity contribution in [1.29, 1.82) is 0 Å². The van der Waals surface area contributed by atoms with Gasteiger partial charge in [0.15, 0.2) is 11.6 Å². The van der Waals surface area contributed by atoms with Crippen LogP contribution >= 0.6 is 0 Å². The van der Waals surface area contributed by atoms with E-state index in [0.717, 1.165) is 0 Å². The van der Waals surface area contributed by atoms with Gasteiger partial charge >= 0.3 is 23.9 Å². The van der Waals surface area contributed by atoms with Crippen molar-refractivity contribution in [1.82, 2.24) is 9.13 Å². The first kappa shape index (κ1) is 22.0. The Morgan fingerprint density at radius 1 is 1.13 bits per heavy atom. The van der Waals surface area contributed by atoms with Crippen molar-refractivity contribution in [2.45, 2.75) is 25.8 Å². The number of ether oxygens (including phenoxy) is 1. The summed E-state index contributed by atoms with van der Waals surface area (Å²) in [5.74, 6) is -2.20. The summed E-state index contributed by atoms with van der Waals surface area (Å²) in [6.45, 7) is -0.0214. The molecule has 7 nitrogen and oxygen atoms in total. The van der Waals surface area contributed by atoms with Crippen LogP contribution in [0.25, 0.3) is 5.69 Å². The fraction of sp³-hybridized carbons (Fsp3) is 0.278. The van der Waals surface area contributed by atoms with Crippen LogP contribution in [0.1, 0.15) is 12.6 Å². The lowest BCUT2D eigenvalue weighted by molar-refractivity contribution is -0.192. The van der Waals surface area contributed by atoms with Crippen molar-refractivity contribution in [3.8, 4) is 23.8 Å². The predicted octanol–water partition coefficient (Wildman–Crippen LogP) is 2.13. The van der Waals surface area contributed by atoms with Gasteiger partial charge in [-0.2, -0.15) is 22.0 Å². The highest BCUT2D eigenvalue weighted by Gasteiger charge is 2.50. The molecule has 0 saturated carbocycles. The molecule has 164 valence electrons. The molecule has 1 aliphatic heterocycles. The first-order valence-electron chi connectivity index (χ1n) is 8.43. The van der Waals surface area contributed by atoms with Gasteiger partial charge in [0.1, 0.15) is 5.69 Å². The van der Waals surface area contributed by atoms with E-state index in [0.29, 0.717) is 17.0 Å². The number of carbonyl (C=O) groups is 1. The molecule has 0 fully saturated rings. The third-order valence-corrected chi connectivity index (χ3v) is 4.34. The Kier molecular flexibility index (Phi) is 5.13. The fourth-order valence-electron chi connectivity index (χ4n) is 3.03. The maximum Gasteiger partial charge on any atom is 0.483 e. The number of alkyl halides is 5. The number of aromatic nitrogens is 2. The number of hydrogen-bond donors (Lipinski definition) is 0. The molecule has 0 radical (unpaired) electrons. The highest BCUT2D eigenvalue weighted by Crippen LogP contribution is 2.41. The summed E-state index contributed by atoms with van der Waals surface area (Å²) >= 11 is 0. The Labute approximate surface area is 169 Å². The molecular weight excluding hydrogens is 436 g/mol. The molecule has 0 aliphatic carbocycles. The zero-order chi connectivity index (χ0) is 23.3. The lowest BCUT2D eigenvalue weighted by atomic mass is 10.2. The van der Waals surface area contributed by atoms with Gasteiger partial charge < -0.3 is 4.74 Å². The van der Waals surface area contributed by atoms with Crippen molar-refractivity contribution in [2.24, 2.45) is 0 Å². The molecule has 0 N–H and O–H groups in total. The van der Waals surface area contributed by atoms with Gasteiger partial charge in [0, 0.05) is 18.7 Å². The number of rotatable bonds is 3. The zero-order valence-corrected chi connectivity index (χ0v) is 15.5. The third-order valence-electron chi connectivity index (χ3n) is 4.34. The molecule has 0 spiro atoms. The van der Waals surface area contributed by atoms with Crippen LogP contribution in [0.5, 0.6) is 5.75 Å². The summed E-state index contributed by atoms with van der Waals surface area (Å²) in [5.41, 5.74) is -5.99. The van der Waals surface area contributed by atoms with Crippen LogP contribution < -0.4 is 20.9 Å². The normalized spacial score (nSPS) is 15.3. The van der Waals surface area contributed by atoms with Crippen LogP contribution in [-0.4, -0.2) is 27.7 Å². The van der Waals surface area contributed by atoms with Gasteiger partial charge in [-0.15, -0.1) is 6.42 Å². The van der Waals surface area contributed by atoms with E-state index in [1.165, 1.54) is 6.92 Å². The van der Waals surface area contributed by atoms with Gasteiger partial charge in [-0.05, 0) is 13.0 Å². The summed E-state index contributed by atoms with van der Waals surface area (Å²) < 4.78 is 86.1. The number of benzene rings is 1. The summed E-state index contributed by atoms with van der Waals surface area (Å²) in [6, 6.07) is 1.11. The van der Waals surface area contributed by atoms with Gasteiger partial charge in [0.05, 0.1) is 17.9 Å². The number of terminal acetylenes is 1. The van der Waals surface area contributed by atoms with E-state index in [-0.39, 0.29) is 15.2 Å². The lowest BCUT2D eigenvalue weighted by Gasteiger charge is -2.32. The monoisotopic (exact) mass is 447 g/mol. The summed E-state index contributed by atoms with van der Waals surface area (Å²) in [5, 5.41) is 0. The second kappa shape index (κ2) is 7.22. The maximum absolute atomic E-state index is 14.7. The molecule has 0 unspecified atom stereocenters. The van der Waals surface area contributed by atoms with E-state index in [1.807, 2.05) is 5.92 Å². The summed E-state index contributed by atoms with van der Waals surface area (Å²) in [4.78, 5) is 37.1. The highest BCUT2D eigenvalue weighted by atomic mass is 19.4. The summed E-state index contributed by atoms with van der Waals surface area (Å²) in [7, 11) is 0. The number of fused-ring (bicyclic) bond motifs is 1. The molecule has 0 atom stereocenters. The Morgan fingerprint density at radius 2 is 1.77 bits per heavy atom. The average Bonchev–Trinajstić information content (AvgIpc) is 2.65.